The van der Waals surface area contributed by atoms with Gasteiger partial charge >= 0.3 is 0 Å². The number of nitrogens with zero attached hydrogens (tertiary/aromatic N) is 5. The number of aromatic nitrogens is 4. The van der Waals surface area contributed by atoms with E-state index in [1.165, 1.54) is 0 Å². The van der Waals surface area contributed by atoms with Crippen LogP contribution in [0.1, 0.15) is 18.0 Å². The van der Waals surface area contributed by atoms with Gasteiger partial charge in [0.25, 0.3) is 0 Å². The molecule has 20 heavy (non-hydrogen) atoms. The van der Waals surface area contributed by atoms with Crippen molar-refractivity contribution in [3.05, 3.63) is 24.3 Å². The first-order valence-corrected chi connectivity index (χ1v) is 6.89. The largest absolute Gasteiger partial charge is 0.347 e. The zero-order valence-electron chi connectivity index (χ0n) is 12.2. The van der Waals surface area contributed by atoms with Crippen LogP contribution in [0.5, 0.6) is 0 Å². The highest BCUT2D eigenvalue weighted by Crippen LogP contribution is 2.31. The van der Waals surface area contributed by atoms with Crippen LogP contribution in [-0.2, 0) is 7.05 Å². The summed E-state index contributed by atoms with van der Waals surface area (Å²) in [4.78, 5) is 11.2. The number of hydrogen-bond donors (Lipinski definition) is 1. The molecule has 1 N–H and O–H groups in total. The van der Waals surface area contributed by atoms with E-state index in [-0.39, 0.29) is 0 Å². The maximum absolute atomic E-state index is 4.78. The molecule has 2 aromatic heterocycles. The van der Waals surface area contributed by atoms with Gasteiger partial charge in [0.15, 0.2) is 0 Å². The number of anilines is 1. The Balaban J connectivity index is 2.07. The van der Waals surface area contributed by atoms with Crippen LogP contribution >= 0.6 is 0 Å². The van der Waals surface area contributed by atoms with Crippen LogP contribution in [0.25, 0.3) is 11.1 Å². The van der Waals surface area contributed by atoms with E-state index in [4.69, 9.17) is 4.98 Å². The van der Waals surface area contributed by atoms with Crippen LogP contribution in [-0.4, -0.2) is 46.9 Å². The van der Waals surface area contributed by atoms with Gasteiger partial charge in [0.2, 0.25) is 5.95 Å². The van der Waals surface area contributed by atoms with Crippen molar-refractivity contribution in [2.24, 2.45) is 7.05 Å². The summed E-state index contributed by atoms with van der Waals surface area (Å²) < 4.78 is 1.81. The molecule has 3 heterocycles. The summed E-state index contributed by atoms with van der Waals surface area (Å²) in [5.74, 6) is 1.21. The Morgan fingerprint density at radius 2 is 2.20 bits per heavy atom. The molecule has 6 heteroatoms. The second-order valence-corrected chi connectivity index (χ2v) is 5.46. The van der Waals surface area contributed by atoms with E-state index in [1.54, 1.807) is 0 Å². The monoisotopic (exact) mass is 272 g/mol. The lowest BCUT2D eigenvalue weighted by Gasteiger charge is -2.17. The summed E-state index contributed by atoms with van der Waals surface area (Å²) in [6, 6.07) is 0. The summed E-state index contributed by atoms with van der Waals surface area (Å²) in [7, 11) is 5.86. The van der Waals surface area contributed by atoms with E-state index in [0.29, 0.717) is 5.92 Å². The van der Waals surface area contributed by atoms with Crippen LogP contribution in [0.15, 0.2) is 18.6 Å². The lowest BCUT2D eigenvalue weighted by Crippen LogP contribution is -2.16. The van der Waals surface area contributed by atoms with Crippen LogP contribution in [0, 0.1) is 0 Å². The number of rotatable bonds is 3. The van der Waals surface area contributed by atoms with Crippen LogP contribution in [0.4, 0.5) is 5.95 Å². The van der Waals surface area contributed by atoms with Crippen molar-refractivity contribution >= 4 is 5.95 Å². The summed E-state index contributed by atoms with van der Waals surface area (Å²) in [5, 5.41) is 7.66. The molecular formula is C14H20N6. The van der Waals surface area contributed by atoms with Crippen molar-refractivity contribution in [1.82, 2.24) is 25.1 Å². The molecule has 0 amide bonds. The highest BCUT2D eigenvalue weighted by atomic mass is 15.2. The summed E-state index contributed by atoms with van der Waals surface area (Å²) in [6.07, 6.45) is 6.93. The molecule has 0 radical (unpaired) electrons. The van der Waals surface area contributed by atoms with Gasteiger partial charge in [-0.3, -0.25) is 4.68 Å². The third-order valence-corrected chi connectivity index (χ3v) is 3.67. The van der Waals surface area contributed by atoms with E-state index in [9.17, 15) is 0 Å². The third kappa shape index (κ3) is 2.38. The Labute approximate surface area is 118 Å². The zero-order valence-corrected chi connectivity index (χ0v) is 12.2. The minimum absolute atomic E-state index is 0.451. The van der Waals surface area contributed by atoms with E-state index >= 15 is 0 Å². The molecule has 1 atom stereocenters. The Hall–Kier alpha value is -1.95. The topological polar surface area (TPSA) is 58.9 Å². The van der Waals surface area contributed by atoms with E-state index in [1.807, 2.05) is 49.3 Å². The van der Waals surface area contributed by atoms with Crippen LogP contribution in [0.3, 0.4) is 0 Å². The zero-order chi connectivity index (χ0) is 14.1. The summed E-state index contributed by atoms with van der Waals surface area (Å²) in [6.45, 7) is 2.04. The molecule has 106 valence electrons. The fraction of sp³-hybridized carbons (Fsp3) is 0.500. The Bertz CT molecular complexity index is 597. The molecule has 1 saturated heterocycles. The third-order valence-electron chi connectivity index (χ3n) is 3.67. The van der Waals surface area contributed by atoms with Crippen LogP contribution in [0.2, 0.25) is 0 Å². The van der Waals surface area contributed by atoms with E-state index < -0.39 is 0 Å². The van der Waals surface area contributed by atoms with Gasteiger partial charge in [-0.05, 0) is 13.0 Å². The van der Waals surface area contributed by atoms with Gasteiger partial charge in [-0.1, -0.05) is 0 Å². The van der Waals surface area contributed by atoms with Gasteiger partial charge in [-0.25, -0.2) is 9.97 Å². The molecule has 1 fully saturated rings. The standard InChI is InChI=1S/C14H20N6/c1-19(2)14-16-8-12(11-7-17-20(3)9-11)13(18-14)10-4-5-15-6-10/h7-10,15H,4-6H2,1-3H3/t10-/m1/s1. The highest BCUT2D eigenvalue weighted by Gasteiger charge is 2.23. The first-order valence-electron chi connectivity index (χ1n) is 6.89. The molecule has 0 aromatic carbocycles. The van der Waals surface area contributed by atoms with E-state index in [2.05, 4.69) is 15.4 Å². The minimum atomic E-state index is 0.451. The Kier molecular flexibility index (Phi) is 3.40. The van der Waals surface area contributed by atoms with Gasteiger partial charge in [-0.2, -0.15) is 5.10 Å². The molecule has 0 saturated carbocycles. The Morgan fingerprint density at radius 1 is 1.35 bits per heavy atom. The number of aryl methyl sites for hydroxylation is 1. The number of nitrogens with one attached hydrogen (secondary N) is 1. The second-order valence-electron chi connectivity index (χ2n) is 5.46. The second kappa shape index (κ2) is 5.20. The highest BCUT2D eigenvalue weighted by molar-refractivity contribution is 5.65. The van der Waals surface area contributed by atoms with Gasteiger partial charge < -0.3 is 10.2 Å². The predicted molar refractivity (Wildman–Crippen MR) is 78.8 cm³/mol. The average Bonchev–Trinajstić information content (AvgIpc) is 3.09. The normalized spacial score (nSPS) is 18.4. The SMILES string of the molecule is CN(C)c1ncc(-c2cnn(C)c2)c([C@@H]2CCNC2)n1. The smallest absolute Gasteiger partial charge is 0.225 e. The Morgan fingerprint density at radius 3 is 2.80 bits per heavy atom. The van der Waals surface area contributed by atoms with Gasteiger partial charge in [0.1, 0.15) is 0 Å². The van der Waals surface area contributed by atoms with Gasteiger partial charge in [-0.15, -0.1) is 0 Å². The maximum atomic E-state index is 4.78. The fourth-order valence-electron chi connectivity index (χ4n) is 2.58. The van der Waals surface area contributed by atoms with Gasteiger partial charge in [0.05, 0.1) is 11.9 Å². The fourth-order valence-corrected chi connectivity index (χ4v) is 2.58. The van der Waals surface area contributed by atoms with Crippen molar-refractivity contribution in [2.45, 2.75) is 12.3 Å². The molecule has 6 nitrogen and oxygen atoms in total. The average molecular weight is 272 g/mol. The lowest BCUT2D eigenvalue weighted by molar-refractivity contribution is 0.730. The van der Waals surface area contributed by atoms with Crippen molar-refractivity contribution in [1.29, 1.82) is 0 Å². The first-order chi connectivity index (χ1) is 9.65. The molecule has 0 bridgehead atoms. The first kappa shape index (κ1) is 13.1. The quantitative estimate of drug-likeness (QED) is 0.904. The molecule has 1 aliphatic rings. The molecule has 0 aliphatic carbocycles. The van der Waals surface area contributed by atoms with Crippen molar-refractivity contribution < 1.29 is 0 Å². The summed E-state index contributed by atoms with van der Waals surface area (Å²) >= 11 is 0. The van der Waals surface area contributed by atoms with Crippen molar-refractivity contribution in [2.75, 3.05) is 32.1 Å². The summed E-state index contributed by atoms with van der Waals surface area (Å²) in [5.41, 5.74) is 3.30. The molecule has 0 spiro atoms. The van der Waals surface area contributed by atoms with Crippen LogP contribution < -0.4 is 10.2 Å². The molecule has 0 unspecified atom stereocenters. The maximum Gasteiger partial charge on any atom is 0.225 e. The molecule has 2 aromatic rings. The lowest BCUT2D eigenvalue weighted by atomic mass is 9.97. The molecular weight excluding hydrogens is 252 g/mol. The predicted octanol–water partition coefficient (Wildman–Crippen LogP) is 1.02. The number of hydrogen-bond acceptors (Lipinski definition) is 5. The van der Waals surface area contributed by atoms with E-state index in [0.717, 1.165) is 42.3 Å². The molecule has 3 rings (SSSR count). The van der Waals surface area contributed by atoms with Crippen molar-refractivity contribution in [3.63, 3.8) is 0 Å². The van der Waals surface area contributed by atoms with Gasteiger partial charge in [0, 0.05) is 57.1 Å². The van der Waals surface area contributed by atoms with Crippen molar-refractivity contribution in [3.8, 4) is 11.1 Å². The molecule has 1 aliphatic heterocycles. The minimum Gasteiger partial charge on any atom is -0.347 e.